The van der Waals surface area contributed by atoms with Crippen molar-refractivity contribution in [3.63, 3.8) is 0 Å². The third-order valence-corrected chi connectivity index (χ3v) is 6.40. The zero-order valence-corrected chi connectivity index (χ0v) is 20.4. The van der Waals surface area contributed by atoms with E-state index in [-0.39, 0.29) is 39.2 Å². The number of nitrogens with zero attached hydrogens (tertiary/aromatic N) is 2. The van der Waals surface area contributed by atoms with E-state index < -0.39 is 27.6 Å². The molecule has 35 heavy (non-hydrogen) atoms. The van der Waals surface area contributed by atoms with Crippen molar-refractivity contribution in [3.05, 3.63) is 82.1 Å². The Kier molecular flexibility index (Phi) is 6.83. The number of H-pyrrole nitrogens is 1. The molecule has 14 heteroatoms. The molecule has 0 aliphatic heterocycles. The normalized spacial score (nSPS) is 11.2. The van der Waals surface area contributed by atoms with Gasteiger partial charge in [0.15, 0.2) is 5.03 Å². The molecule has 4 aromatic rings. The topological polar surface area (TPSA) is 152 Å². The van der Waals surface area contributed by atoms with Crippen molar-refractivity contribution >= 4 is 55.6 Å². The van der Waals surface area contributed by atoms with Crippen LogP contribution in [0.2, 0.25) is 0 Å². The first-order valence-corrected chi connectivity index (χ1v) is 12.2. The second kappa shape index (κ2) is 9.83. The number of aromatic nitrogens is 3. The summed E-state index contributed by atoms with van der Waals surface area (Å²) >= 11 is 1.93. The summed E-state index contributed by atoms with van der Waals surface area (Å²) in [5, 5.41) is 2.41. The fraction of sp³-hybridized carbons (Fsp3) is 0. The first-order chi connectivity index (χ1) is 16.6. The second-order valence-electron chi connectivity index (χ2n) is 6.96. The molecule has 2 aromatic heterocycles. The van der Waals surface area contributed by atoms with Gasteiger partial charge in [0.25, 0.3) is 15.9 Å². The number of aromatic amines is 1. The number of rotatable bonds is 8. The smallest absolute Gasteiger partial charge is 0.280 e. The number of sulfonamides is 1. The van der Waals surface area contributed by atoms with E-state index in [9.17, 15) is 22.0 Å². The number of imidazole rings is 1. The third kappa shape index (κ3) is 5.65. The zero-order chi connectivity index (χ0) is 25.2. The van der Waals surface area contributed by atoms with Crippen LogP contribution in [0.4, 0.5) is 25.8 Å². The van der Waals surface area contributed by atoms with Crippen molar-refractivity contribution in [2.75, 3.05) is 10.0 Å². The molecular weight excluding hydrogens is 597 g/mol. The van der Waals surface area contributed by atoms with Crippen LogP contribution in [0.15, 0.2) is 66.3 Å². The molecule has 2 heterocycles. The number of carbonyl (C=O) groups excluding carboxylic acids is 1. The maximum atomic E-state index is 14.4. The lowest BCUT2D eigenvalue weighted by Gasteiger charge is -2.16. The van der Waals surface area contributed by atoms with Crippen LogP contribution in [0, 0.1) is 15.2 Å². The Hall–Kier alpha value is -3.79. The molecule has 0 saturated heterocycles. The van der Waals surface area contributed by atoms with E-state index in [0.29, 0.717) is 3.57 Å². The van der Waals surface area contributed by atoms with Gasteiger partial charge < -0.3 is 20.8 Å². The highest BCUT2D eigenvalue weighted by molar-refractivity contribution is 14.1. The highest BCUT2D eigenvalue weighted by atomic mass is 127. The zero-order valence-electron chi connectivity index (χ0n) is 17.4. The summed E-state index contributed by atoms with van der Waals surface area (Å²) in [6.07, 6.45) is 4.82. The molecular formula is C21H15F2IN6O4S. The van der Waals surface area contributed by atoms with Gasteiger partial charge in [-0.15, -0.1) is 0 Å². The van der Waals surface area contributed by atoms with Crippen molar-refractivity contribution in [2.24, 2.45) is 5.73 Å². The van der Waals surface area contributed by atoms with Crippen LogP contribution in [0.3, 0.4) is 0 Å². The SMILES string of the molecule is NC(=O)c1c(Nc2ccc(I)cc2F)cc(F)cc1Oc1cncc(NS(=O)(=O)c2c[nH]cn2)c1. The second-order valence-corrected chi connectivity index (χ2v) is 9.84. The van der Waals surface area contributed by atoms with Gasteiger partial charge in [0.1, 0.15) is 28.7 Å². The molecule has 0 atom stereocenters. The predicted molar refractivity (Wildman–Crippen MR) is 131 cm³/mol. The summed E-state index contributed by atoms with van der Waals surface area (Å²) in [6, 6.07) is 7.44. The number of pyridine rings is 1. The van der Waals surface area contributed by atoms with E-state index in [2.05, 4.69) is 25.0 Å². The molecule has 0 aliphatic rings. The van der Waals surface area contributed by atoms with Crippen molar-refractivity contribution < 1.29 is 26.7 Å². The number of benzene rings is 2. The average Bonchev–Trinajstić information content (AvgIpc) is 3.31. The standard InChI is InChI=1S/C21H15F2IN6O4S/c22-11-3-17(29-16-2-1-12(24)5-15(16)23)20(21(25)31)18(4-11)34-14-6-13(7-26-8-14)30-35(32,33)19-9-27-10-28-19/h1-10,29-30H,(H2,25,31)(H,27,28). The number of halogens is 3. The number of nitrogens with one attached hydrogen (secondary N) is 3. The lowest BCUT2D eigenvalue weighted by atomic mass is 10.1. The lowest BCUT2D eigenvalue weighted by Crippen LogP contribution is -2.15. The molecule has 10 nitrogen and oxygen atoms in total. The molecule has 5 N–H and O–H groups in total. The maximum absolute atomic E-state index is 14.4. The number of amides is 1. The molecule has 0 saturated carbocycles. The first kappa shape index (κ1) is 24.3. The van der Waals surface area contributed by atoms with Crippen molar-refractivity contribution in [2.45, 2.75) is 5.03 Å². The van der Waals surface area contributed by atoms with Crippen LogP contribution in [-0.2, 0) is 10.0 Å². The van der Waals surface area contributed by atoms with Gasteiger partial charge in [-0.05, 0) is 46.9 Å². The van der Waals surface area contributed by atoms with Crippen molar-refractivity contribution in [1.82, 2.24) is 15.0 Å². The number of nitrogens with two attached hydrogens (primary N) is 1. The monoisotopic (exact) mass is 612 g/mol. The fourth-order valence-corrected chi connectivity index (χ4v) is 4.40. The summed E-state index contributed by atoms with van der Waals surface area (Å²) < 4.78 is 62.0. The number of carbonyl (C=O) groups is 1. The highest BCUT2D eigenvalue weighted by Crippen LogP contribution is 2.34. The molecule has 0 unspecified atom stereocenters. The van der Waals surface area contributed by atoms with E-state index in [1.54, 1.807) is 6.07 Å². The molecule has 2 aromatic carbocycles. The summed E-state index contributed by atoms with van der Waals surface area (Å²) in [5.74, 6) is -2.73. The average molecular weight is 612 g/mol. The summed E-state index contributed by atoms with van der Waals surface area (Å²) in [4.78, 5) is 22.3. The number of hydrogen-bond donors (Lipinski definition) is 4. The van der Waals surface area contributed by atoms with Gasteiger partial charge in [-0.25, -0.2) is 13.8 Å². The molecule has 0 radical (unpaired) electrons. The molecule has 180 valence electrons. The van der Waals surface area contributed by atoms with Gasteiger partial charge in [-0.2, -0.15) is 8.42 Å². The number of ether oxygens (including phenoxy) is 1. The van der Waals surface area contributed by atoms with Gasteiger partial charge in [0, 0.05) is 21.9 Å². The molecule has 4 rings (SSSR count). The van der Waals surface area contributed by atoms with E-state index >= 15 is 0 Å². The number of hydrogen-bond acceptors (Lipinski definition) is 7. The first-order valence-electron chi connectivity index (χ1n) is 9.62. The van der Waals surface area contributed by atoms with Gasteiger partial charge in [0.2, 0.25) is 0 Å². The minimum Gasteiger partial charge on any atom is -0.455 e. The third-order valence-electron chi connectivity index (χ3n) is 4.46. The van der Waals surface area contributed by atoms with Gasteiger partial charge in [-0.3, -0.25) is 14.5 Å². The van der Waals surface area contributed by atoms with Gasteiger partial charge >= 0.3 is 0 Å². The van der Waals surface area contributed by atoms with Crippen LogP contribution < -0.4 is 20.5 Å². The van der Waals surface area contributed by atoms with E-state index in [4.69, 9.17) is 10.5 Å². The molecule has 0 fully saturated rings. The molecule has 0 spiro atoms. The summed E-state index contributed by atoms with van der Waals surface area (Å²) in [5.41, 5.74) is 5.13. The van der Waals surface area contributed by atoms with Crippen molar-refractivity contribution in [1.29, 1.82) is 0 Å². The Balaban J connectivity index is 1.66. The van der Waals surface area contributed by atoms with Crippen molar-refractivity contribution in [3.8, 4) is 11.5 Å². The quantitative estimate of drug-likeness (QED) is 0.219. The predicted octanol–water partition coefficient (Wildman–Crippen LogP) is 4.12. The molecule has 0 aliphatic carbocycles. The van der Waals surface area contributed by atoms with Crippen LogP contribution in [0.25, 0.3) is 0 Å². The maximum Gasteiger partial charge on any atom is 0.280 e. The lowest BCUT2D eigenvalue weighted by molar-refractivity contribution is 0.0999. The minimum absolute atomic E-state index is 0.0131. The Morgan fingerprint density at radius 2 is 1.91 bits per heavy atom. The van der Waals surface area contributed by atoms with E-state index in [1.807, 2.05) is 22.6 Å². The Bertz CT molecular complexity index is 1520. The highest BCUT2D eigenvalue weighted by Gasteiger charge is 2.21. The van der Waals surface area contributed by atoms with Gasteiger partial charge in [0.05, 0.1) is 35.8 Å². The van der Waals surface area contributed by atoms with Crippen LogP contribution in [0.1, 0.15) is 10.4 Å². The number of primary amides is 1. The van der Waals surface area contributed by atoms with E-state index in [1.165, 1.54) is 43.1 Å². The largest absolute Gasteiger partial charge is 0.455 e. The van der Waals surface area contributed by atoms with Crippen LogP contribution in [0.5, 0.6) is 11.5 Å². The Morgan fingerprint density at radius 3 is 2.60 bits per heavy atom. The minimum atomic E-state index is -4.00. The Morgan fingerprint density at radius 1 is 1.11 bits per heavy atom. The van der Waals surface area contributed by atoms with Crippen LogP contribution in [-0.4, -0.2) is 29.3 Å². The summed E-state index contributed by atoms with van der Waals surface area (Å²) in [6.45, 7) is 0. The molecule has 0 bridgehead atoms. The fourth-order valence-electron chi connectivity index (χ4n) is 3.01. The van der Waals surface area contributed by atoms with Gasteiger partial charge in [-0.1, -0.05) is 0 Å². The Labute approximate surface area is 211 Å². The van der Waals surface area contributed by atoms with Crippen LogP contribution >= 0.6 is 22.6 Å². The summed E-state index contributed by atoms with van der Waals surface area (Å²) in [7, 11) is -4.00. The van der Waals surface area contributed by atoms with E-state index in [0.717, 1.165) is 12.1 Å². The molecule has 1 amide bonds. The number of anilines is 3.